The quantitative estimate of drug-likeness (QED) is 0.279. The molecule has 0 saturated carbocycles. The van der Waals surface area contributed by atoms with Crippen LogP contribution in [0.1, 0.15) is 25.8 Å². The summed E-state index contributed by atoms with van der Waals surface area (Å²) in [6, 6.07) is 13.7. The molecule has 0 unspecified atom stereocenters. The van der Waals surface area contributed by atoms with Crippen molar-refractivity contribution in [2.75, 3.05) is 20.3 Å². The molecule has 2 aromatic heterocycles. The van der Waals surface area contributed by atoms with Gasteiger partial charge in [-0.05, 0) is 62.7 Å². The van der Waals surface area contributed by atoms with Gasteiger partial charge >= 0.3 is 0 Å². The molecule has 3 rings (SSSR count). The molecule has 34 heavy (non-hydrogen) atoms. The normalized spacial score (nSPS) is 11.3. The Morgan fingerprint density at radius 3 is 2.62 bits per heavy atom. The highest BCUT2D eigenvalue weighted by Gasteiger charge is 2.17. The van der Waals surface area contributed by atoms with Gasteiger partial charge in [0, 0.05) is 19.3 Å². The molecule has 0 atom stereocenters. The molecular weight excluding hydrogens is 436 g/mol. The molecule has 0 aliphatic heterocycles. The van der Waals surface area contributed by atoms with Crippen molar-refractivity contribution in [3.8, 4) is 23.4 Å². The van der Waals surface area contributed by atoms with Crippen molar-refractivity contribution in [1.29, 1.82) is 5.26 Å². The number of fused-ring (bicyclic) bond motifs is 1. The van der Waals surface area contributed by atoms with E-state index in [9.17, 15) is 14.9 Å². The Morgan fingerprint density at radius 2 is 1.94 bits per heavy atom. The smallest absolute Gasteiger partial charge is 0.269 e. The Morgan fingerprint density at radius 1 is 1.21 bits per heavy atom. The lowest BCUT2D eigenvalue weighted by Crippen LogP contribution is -2.27. The zero-order valence-electron chi connectivity index (χ0n) is 19.3. The van der Waals surface area contributed by atoms with E-state index in [0.29, 0.717) is 36.7 Å². The van der Waals surface area contributed by atoms with Crippen LogP contribution in [0.25, 0.3) is 11.7 Å². The molecule has 9 heteroatoms. The van der Waals surface area contributed by atoms with Gasteiger partial charge in [0.25, 0.3) is 11.5 Å². The van der Waals surface area contributed by atoms with Crippen molar-refractivity contribution in [3.63, 3.8) is 0 Å². The van der Waals surface area contributed by atoms with Crippen LogP contribution in [-0.2, 0) is 9.53 Å². The largest absolute Gasteiger partial charge is 0.497 e. The molecule has 1 aromatic carbocycles. The van der Waals surface area contributed by atoms with Gasteiger partial charge in [-0.2, -0.15) is 10.2 Å². The number of benzene rings is 1. The lowest BCUT2D eigenvalue weighted by atomic mass is 10.1. The van der Waals surface area contributed by atoms with E-state index in [2.05, 4.69) is 10.3 Å². The summed E-state index contributed by atoms with van der Waals surface area (Å²) in [7, 11) is 1.55. The van der Waals surface area contributed by atoms with Gasteiger partial charge in [-0.3, -0.25) is 14.0 Å². The maximum Gasteiger partial charge on any atom is 0.269 e. The molecule has 1 amide bonds. The first kappa shape index (κ1) is 24.5. The number of amides is 1. The molecule has 0 spiro atoms. The van der Waals surface area contributed by atoms with Crippen LogP contribution < -0.4 is 20.3 Å². The molecule has 3 aromatic rings. The van der Waals surface area contributed by atoms with E-state index in [1.54, 1.807) is 55.8 Å². The summed E-state index contributed by atoms with van der Waals surface area (Å²) >= 11 is 0. The predicted octanol–water partition coefficient (Wildman–Crippen LogP) is 3.33. The van der Waals surface area contributed by atoms with Crippen molar-refractivity contribution in [2.24, 2.45) is 0 Å². The average molecular weight is 463 g/mol. The number of hydrogen-bond donors (Lipinski definition) is 1. The SMILES string of the molecule is COc1ccc(Oc2nc3ccccn3c(=O)c2C=C(C#N)C(=O)NCCCOC(C)C)cc1. The van der Waals surface area contributed by atoms with Crippen LogP contribution in [0.3, 0.4) is 0 Å². The monoisotopic (exact) mass is 462 g/mol. The van der Waals surface area contributed by atoms with Gasteiger partial charge in [0.1, 0.15) is 34.4 Å². The van der Waals surface area contributed by atoms with Crippen LogP contribution in [0.2, 0.25) is 0 Å². The predicted molar refractivity (Wildman–Crippen MR) is 127 cm³/mol. The summed E-state index contributed by atoms with van der Waals surface area (Å²) in [6.45, 7) is 4.67. The summed E-state index contributed by atoms with van der Waals surface area (Å²) < 4.78 is 17.8. The van der Waals surface area contributed by atoms with Gasteiger partial charge in [0.05, 0.1) is 13.2 Å². The molecule has 176 valence electrons. The Balaban J connectivity index is 1.93. The van der Waals surface area contributed by atoms with E-state index in [0.717, 1.165) is 0 Å². The highest BCUT2D eigenvalue weighted by atomic mass is 16.5. The number of pyridine rings is 1. The van der Waals surface area contributed by atoms with Gasteiger partial charge < -0.3 is 19.5 Å². The number of hydrogen-bond acceptors (Lipinski definition) is 7. The lowest BCUT2D eigenvalue weighted by Gasteiger charge is -2.11. The number of nitriles is 1. The number of aromatic nitrogens is 2. The molecular formula is C25H26N4O5. The number of rotatable bonds is 10. The van der Waals surface area contributed by atoms with Crippen LogP contribution in [-0.4, -0.2) is 41.7 Å². The number of ether oxygens (including phenoxy) is 3. The number of carbonyl (C=O) groups excluding carboxylic acids is 1. The summed E-state index contributed by atoms with van der Waals surface area (Å²) in [6.07, 6.45) is 3.45. The van der Waals surface area contributed by atoms with Crippen molar-refractivity contribution < 1.29 is 19.0 Å². The van der Waals surface area contributed by atoms with Gasteiger partial charge in [-0.1, -0.05) is 6.07 Å². The number of carbonyl (C=O) groups is 1. The summed E-state index contributed by atoms with van der Waals surface area (Å²) in [5.41, 5.74) is -0.366. The maximum absolute atomic E-state index is 13.2. The Hall–Kier alpha value is -4.16. The Bertz CT molecular complexity index is 1270. The lowest BCUT2D eigenvalue weighted by molar-refractivity contribution is -0.117. The third-order valence-electron chi connectivity index (χ3n) is 4.72. The zero-order valence-corrected chi connectivity index (χ0v) is 19.3. The fourth-order valence-corrected chi connectivity index (χ4v) is 3.02. The molecule has 2 heterocycles. The van der Waals surface area contributed by atoms with Crippen LogP contribution in [0, 0.1) is 11.3 Å². The van der Waals surface area contributed by atoms with Crippen LogP contribution in [0.15, 0.2) is 59.0 Å². The molecule has 0 aliphatic carbocycles. The summed E-state index contributed by atoms with van der Waals surface area (Å²) in [5.74, 6) is 0.434. The van der Waals surface area contributed by atoms with Crippen LogP contribution in [0.4, 0.5) is 0 Å². The zero-order chi connectivity index (χ0) is 24.5. The molecule has 1 N–H and O–H groups in total. The Labute approximate surface area is 197 Å². The van der Waals surface area contributed by atoms with Gasteiger partial charge in [0.15, 0.2) is 0 Å². The van der Waals surface area contributed by atoms with Gasteiger partial charge in [-0.25, -0.2) is 0 Å². The van der Waals surface area contributed by atoms with Gasteiger partial charge in [0.2, 0.25) is 5.88 Å². The van der Waals surface area contributed by atoms with Crippen molar-refractivity contribution in [1.82, 2.24) is 14.7 Å². The molecule has 0 fully saturated rings. The minimum Gasteiger partial charge on any atom is -0.497 e. The number of nitrogens with one attached hydrogen (secondary N) is 1. The first-order valence-electron chi connectivity index (χ1n) is 10.8. The fraction of sp³-hybridized carbons (Fsp3) is 0.280. The van der Waals surface area contributed by atoms with Crippen molar-refractivity contribution in [2.45, 2.75) is 26.4 Å². The second kappa shape index (κ2) is 11.6. The summed E-state index contributed by atoms with van der Waals surface area (Å²) in [5, 5.41) is 12.3. The van der Waals surface area contributed by atoms with E-state index in [4.69, 9.17) is 14.2 Å². The second-order valence-electron chi connectivity index (χ2n) is 7.54. The molecule has 0 bridgehead atoms. The number of nitrogens with zero attached hydrogens (tertiary/aromatic N) is 3. The Kier molecular flexibility index (Phi) is 8.37. The first-order valence-corrected chi connectivity index (χ1v) is 10.8. The third-order valence-corrected chi connectivity index (χ3v) is 4.72. The van der Waals surface area contributed by atoms with E-state index in [-0.39, 0.29) is 23.1 Å². The fourth-order valence-electron chi connectivity index (χ4n) is 3.02. The first-order chi connectivity index (χ1) is 16.4. The van der Waals surface area contributed by atoms with E-state index in [1.165, 1.54) is 10.5 Å². The van der Waals surface area contributed by atoms with Crippen molar-refractivity contribution in [3.05, 3.63) is 70.2 Å². The average Bonchev–Trinajstić information content (AvgIpc) is 2.84. The molecule has 0 saturated heterocycles. The summed E-state index contributed by atoms with van der Waals surface area (Å²) in [4.78, 5) is 30.2. The minimum atomic E-state index is -0.597. The van der Waals surface area contributed by atoms with Crippen LogP contribution >= 0.6 is 0 Å². The third kappa shape index (κ3) is 6.21. The molecule has 0 aliphatic rings. The molecule has 9 nitrogen and oxygen atoms in total. The maximum atomic E-state index is 13.2. The second-order valence-corrected chi connectivity index (χ2v) is 7.54. The highest BCUT2D eigenvalue weighted by Crippen LogP contribution is 2.25. The van der Waals surface area contributed by atoms with E-state index in [1.807, 2.05) is 19.9 Å². The van der Waals surface area contributed by atoms with Crippen molar-refractivity contribution >= 4 is 17.6 Å². The number of methoxy groups -OCH3 is 1. The standard InChI is InChI=1S/C25H26N4O5/c1-17(2)33-14-6-12-27-23(30)18(16-26)15-21-24(34-20-10-8-19(32-3)9-11-20)28-22-7-4-5-13-29(22)25(21)31/h4-5,7-11,13,15,17H,6,12,14H2,1-3H3,(H,27,30). The minimum absolute atomic E-state index is 0.0191. The van der Waals surface area contributed by atoms with Crippen LogP contribution in [0.5, 0.6) is 17.4 Å². The van der Waals surface area contributed by atoms with E-state index < -0.39 is 11.5 Å². The molecule has 0 radical (unpaired) electrons. The topological polar surface area (TPSA) is 115 Å². The van der Waals surface area contributed by atoms with E-state index >= 15 is 0 Å². The van der Waals surface area contributed by atoms with Gasteiger partial charge in [-0.15, -0.1) is 0 Å². The highest BCUT2D eigenvalue weighted by molar-refractivity contribution is 6.01.